The highest BCUT2D eigenvalue weighted by atomic mass is 32.1. The molecule has 0 saturated heterocycles. The molecule has 0 aliphatic heterocycles. The molecule has 0 bridgehead atoms. The average Bonchev–Trinajstić information content (AvgIpc) is 2.86. The SMILES string of the molecule is C[C@H](NCc1cc(C(=O)O)cs1)c1cccnc1. The van der Waals surface area contributed by atoms with Crippen LogP contribution in [-0.2, 0) is 6.54 Å². The Hall–Kier alpha value is -1.72. The van der Waals surface area contributed by atoms with E-state index in [1.165, 1.54) is 11.3 Å². The van der Waals surface area contributed by atoms with E-state index in [0.717, 1.165) is 10.4 Å². The lowest BCUT2D eigenvalue weighted by Gasteiger charge is -2.12. The molecule has 2 aromatic rings. The Morgan fingerprint density at radius 1 is 1.61 bits per heavy atom. The third-order valence-electron chi connectivity index (χ3n) is 2.67. The lowest BCUT2D eigenvalue weighted by atomic mass is 10.1. The first-order valence-electron chi connectivity index (χ1n) is 5.61. The van der Waals surface area contributed by atoms with Gasteiger partial charge in [0.05, 0.1) is 5.56 Å². The van der Waals surface area contributed by atoms with Gasteiger partial charge in [-0.2, -0.15) is 0 Å². The Balaban J connectivity index is 1.93. The number of aromatic nitrogens is 1. The molecule has 5 heteroatoms. The van der Waals surface area contributed by atoms with Gasteiger partial charge < -0.3 is 10.4 Å². The zero-order valence-corrected chi connectivity index (χ0v) is 10.8. The summed E-state index contributed by atoms with van der Waals surface area (Å²) in [6.45, 7) is 2.72. The minimum atomic E-state index is -0.877. The van der Waals surface area contributed by atoms with Crippen LogP contribution in [0.4, 0.5) is 0 Å². The molecule has 1 atom stereocenters. The molecule has 0 fully saturated rings. The summed E-state index contributed by atoms with van der Waals surface area (Å²) in [5.41, 5.74) is 1.47. The van der Waals surface area contributed by atoms with Crippen molar-refractivity contribution in [1.29, 1.82) is 0 Å². The van der Waals surface area contributed by atoms with Crippen molar-refractivity contribution in [3.8, 4) is 0 Å². The van der Waals surface area contributed by atoms with E-state index in [0.29, 0.717) is 12.1 Å². The summed E-state index contributed by atoms with van der Waals surface area (Å²) in [5.74, 6) is -0.877. The number of hydrogen-bond donors (Lipinski definition) is 2. The van der Waals surface area contributed by atoms with Crippen LogP contribution in [0.2, 0.25) is 0 Å². The number of carbonyl (C=O) groups is 1. The van der Waals surface area contributed by atoms with Crippen LogP contribution in [0.3, 0.4) is 0 Å². The molecule has 2 aromatic heterocycles. The quantitative estimate of drug-likeness (QED) is 0.869. The molecule has 18 heavy (non-hydrogen) atoms. The van der Waals surface area contributed by atoms with Crippen molar-refractivity contribution in [3.05, 3.63) is 52.0 Å². The molecule has 0 saturated carbocycles. The van der Waals surface area contributed by atoms with Crippen LogP contribution < -0.4 is 5.32 Å². The maximum Gasteiger partial charge on any atom is 0.336 e. The first-order valence-corrected chi connectivity index (χ1v) is 6.49. The molecular weight excluding hydrogens is 248 g/mol. The van der Waals surface area contributed by atoms with Crippen LogP contribution in [0, 0.1) is 0 Å². The van der Waals surface area contributed by atoms with Gasteiger partial charge in [-0.1, -0.05) is 6.07 Å². The summed E-state index contributed by atoms with van der Waals surface area (Å²) < 4.78 is 0. The number of carboxylic acids is 1. The van der Waals surface area contributed by atoms with Gasteiger partial charge in [0, 0.05) is 35.2 Å². The van der Waals surface area contributed by atoms with E-state index in [4.69, 9.17) is 5.11 Å². The van der Waals surface area contributed by atoms with E-state index in [1.54, 1.807) is 17.6 Å². The van der Waals surface area contributed by atoms with E-state index >= 15 is 0 Å². The van der Waals surface area contributed by atoms with Gasteiger partial charge in [0.2, 0.25) is 0 Å². The smallest absolute Gasteiger partial charge is 0.336 e. The summed E-state index contributed by atoms with van der Waals surface area (Å²) in [5, 5.41) is 13.8. The van der Waals surface area contributed by atoms with Crippen LogP contribution in [0.15, 0.2) is 36.0 Å². The number of aromatic carboxylic acids is 1. The Morgan fingerprint density at radius 2 is 2.44 bits per heavy atom. The van der Waals surface area contributed by atoms with Crippen molar-refractivity contribution in [2.75, 3.05) is 0 Å². The summed E-state index contributed by atoms with van der Waals surface area (Å²) in [6, 6.07) is 5.81. The van der Waals surface area contributed by atoms with E-state index < -0.39 is 5.97 Å². The molecule has 4 nitrogen and oxygen atoms in total. The van der Waals surface area contributed by atoms with Crippen molar-refractivity contribution in [2.24, 2.45) is 0 Å². The summed E-state index contributed by atoms with van der Waals surface area (Å²) >= 11 is 1.46. The zero-order valence-electron chi connectivity index (χ0n) is 9.96. The second-order valence-corrected chi connectivity index (χ2v) is 4.99. The Labute approximate surface area is 109 Å². The fraction of sp³-hybridized carbons (Fsp3) is 0.231. The van der Waals surface area contributed by atoms with E-state index in [2.05, 4.69) is 17.2 Å². The van der Waals surface area contributed by atoms with Gasteiger partial charge in [0.1, 0.15) is 0 Å². The van der Waals surface area contributed by atoms with E-state index in [-0.39, 0.29) is 6.04 Å². The fourth-order valence-corrected chi connectivity index (χ4v) is 2.40. The van der Waals surface area contributed by atoms with Crippen molar-refractivity contribution < 1.29 is 9.90 Å². The van der Waals surface area contributed by atoms with E-state index in [1.807, 2.05) is 18.3 Å². The third kappa shape index (κ3) is 3.15. The van der Waals surface area contributed by atoms with Crippen molar-refractivity contribution in [1.82, 2.24) is 10.3 Å². The van der Waals surface area contributed by atoms with Crippen molar-refractivity contribution in [2.45, 2.75) is 19.5 Å². The first kappa shape index (κ1) is 12.7. The minimum absolute atomic E-state index is 0.189. The highest BCUT2D eigenvalue weighted by Crippen LogP contribution is 2.16. The molecular formula is C13H14N2O2S. The topological polar surface area (TPSA) is 62.2 Å². The van der Waals surface area contributed by atoms with Gasteiger partial charge in [-0.15, -0.1) is 11.3 Å². The molecule has 2 heterocycles. The lowest BCUT2D eigenvalue weighted by Crippen LogP contribution is -2.17. The van der Waals surface area contributed by atoms with Crippen LogP contribution in [0.25, 0.3) is 0 Å². The number of thiophene rings is 1. The molecule has 0 aromatic carbocycles. The summed E-state index contributed by atoms with van der Waals surface area (Å²) in [7, 11) is 0. The highest BCUT2D eigenvalue weighted by Gasteiger charge is 2.08. The number of pyridine rings is 1. The van der Waals surface area contributed by atoms with Gasteiger partial charge in [-0.05, 0) is 24.6 Å². The summed E-state index contributed by atoms with van der Waals surface area (Å²) in [4.78, 5) is 15.8. The molecule has 0 unspecified atom stereocenters. The van der Waals surface area contributed by atoms with Gasteiger partial charge in [0.15, 0.2) is 0 Å². The predicted octanol–water partition coefficient (Wildman–Crippen LogP) is 2.69. The van der Waals surface area contributed by atoms with Crippen LogP contribution in [0.5, 0.6) is 0 Å². The van der Waals surface area contributed by atoms with Crippen molar-refractivity contribution in [3.63, 3.8) is 0 Å². The third-order valence-corrected chi connectivity index (χ3v) is 3.60. The van der Waals surface area contributed by atoms with Crippen LogP contribution in [0.1, 0.15) is 33.8 Å². The maximum absolute atomic E-state index is 10.8. The Bertz CT molecular complexity index is 525. The van der Waals surface area contributed by atoms with Gasteiger partial charge >= 0.3 is 5.97 Å². The molecule has 0 amide bonds. The van der Waals surface area contributed by atoms with Crippen LogP contribution in [-0.4, -0.2) is 16.1 Å². The number of hydrogen-bond acceptors (Lipinski definition) is 4. The fourth-order valence-electron chi connectivity index (χ4n) is 1.59. The second-order valence-electron chi connectivity index (χ2n) is 4.00. The van der Waals surface area contributed by atoms with Gasteiger partial charge in [-0.25, -0.2) is 4.79 Å². The molecule has 0 aliphatic carbocycles. The Morgan fingerprint density at radius 3 is 3.06 bits per heavy atom. The highest BCUT2D eigenvalue weighted by molar-refractivity contribution is 7.10. The maximum atomic E-state index is 10.8. The minimum Gasteiger partial charge on any atom is -0.478 e. The van der Waals surface area contributed by atoms with Crippen molar-refractivity contribution >= 4 is 17.3 Å². The number of carboxylic acid groups (broad SMARTS) is 1. The van der Waals surface area contributed by atoms with Gasteiger partial charge in [-0.3, -0.25) is 4.98 Å². The monoisotopic (exact) mass is 262 g/mol. The van der Waals surface area contributed by atoms with Crippen LogP contribution >= 0.6 is 11.3 Å². The molecule has 2 N–H and O–H groups in total. The zero-order chi connectivity index (χ0) is 13.0. The standard InChI is InChI=1S/C13H14N2O2S/c1-9(10-3-2-4-14-6-10)15-7-12-5-11(8-18-12)13(16)17/h2-6,8-9,15H,7H2,1H3,(H,16,17)/t9-/m0/s1. The molecule has 0 spiro atoms. The summed E-state index contributed by atoms with van der Waals surface area (Å²) in [6.07, 6.45) is 3.57. The predicted molar refractivity (Wildman–Crippen MR) is 70.8 cm³/mol. The normalized spacial score (nSPS) is 12.3. The number of nitrogens with zero attached hydrogens (tertiary/aromatic N) is 1. The molecule has 94 valence electrons. The molecule has 0 radical (unpaired) electrons. The first-order chi connectivity index (χ1) is 8.66. The number of nitrogens with one attached hydrogen (secondary N) is 1. The Kier molecular flexibility index (Phi) is 4.07. The number of rotatable bonds is 5. The molecule has 0 aliphatic rings. The van der Waals surface area contributed by atoms with E-state index in [9.17, 15) is 4.79 Å². The largest absolute Gasteiger partial charge is 0.478 e. The average molecular weight is 262 g/mol. The lowest BCUT2D eigenvalue weighted by molar-refractivity contribution is 0.0697. The second kappa shape index (κ2) is 5.75. The molecule has 2 rings (SSSR count). The van der Waals surface area contributed by atoms with Gasteiger partial charge in [0.25, 0.3) is 0 Å².